The molecule has 1 amide bonds. The number of para-hydroxylation sites is 1. The Labute approximate surface area is 120 Å². The number of carbonyl (C=O) groups excluding carboxylic acids is 1. The molecule has 1 saturated heterocycles. The Hall–Kier alpha value is -2.23. The van der Waals surface area contributed by atoms with Crippen LogP contribution < -0.4 is 11.3 Å². The van der Waals surface area contributed by atoms with Crippen molar-refractivity contribution in [2.45, 2.75) is 6.10 Å². The predicted molar refractivity (Wildman–Crippen MR) is 73.6 cm³/mol. The van der Waals surface area contributed by atoms with Crippen LogP contribution in [-0.4, -0.2) is 53.2 Å². The lowest BCUT2D eigenvalue weighted by molar-refractivity contribution is -0.384. The largest absolute Gasteiger partial charge is 0.394 e. The van der Waals surface area contributed by atoms with Crippen molar-refractivity contribution in [1.82, 2.24) is 4.90 Å². The highest BCUT2D eigenvalue weighted by Crippen LogP contribution is 2.29. The third kappa shape index (κ3) is 3.10. The van der Waals surface area contributed by atoms with Gasteiger partial charge in [-0.15, -0.1) is 0 Å². The van der Waals surface area contributed by atoms with Gasteiger partial charge in [0.25, 0.3) is 5.91 Å². The van der Waals surface area contributed by atoms with E-state index < -0.39 is 16.9 Å². The molecule has 114 valence electrons. The summed E-state index contributed by atoms with van der Waals surface area (Å²) in [6.07, 6.45) is -0.474. The molecule has 1 fully saturated rings. The Morgan fingerprint density at radius 3 is 3.00 bits per heavy atom. The van der Waals surface area contributed by atoms with E-state index in [1.165, 1.54) is 23.1 Å². The van der Waals surface area contributed by atoms with E-state index in [0.717, 1.165) is 0 Å². The lowest BCUT2D eigenvalue weighted by Gasteiger charge is -2.32. The normalized spacial score (nSPS) is 18.4. The second-order valence-electron chi connectivity index (χ2n) is 4.53. The van der Waals surface area contributed by atoms with Gasteiger partial charge >= 0.3 is 5.69 Å². The third-order valence-corrected chi connectivity index (χ3v) is 3.23. The Balaban J connectivity index is 2.32. The number of rotatable bonds is 4. The molecule has 1 aromatic rings. The van der Waals surface area contributed by atoms with Gasteiger partial charge in [0, 0.05) is 13.1 Å². The van der Waals surface area contributed by atoms with E-state index in [0.29, 0.717) is 6.54 Å². The molecule has 21 heavy (non-hydrogen) atoms. The van der Waals surface area contributed by atoms with Crippen molar-refractivity contribution in [3.05, 3.63) is 33.9 Å². The fraction of sp³-hybridized carbons (Fsp3) is 0.417. The second-order valence-corrected chi connectivity index (χ2v) is 4.53. The molecule has 0 bridgehead atoms. The fourth-order valence-corrected chi connectivity index (χ4v) is 2.21. The lowest BCUT2D eigenvalue weighted by atomic mass is 10.1. The molecule has 0 saturated carbocycles. The number of carbonyl (C=O) groups is 1. The minimum Gasteiger partial charge on any atom is -0.394 e. The Morgan fingerprint density at radius 1 is 1.62 bits per heavy atom. The maximum atomic E-state index is 12.5. The molecule has 1 atom stereocenters. The number of nitro benzene ring substituents is 1. The molecule has 9 nitrogen and oxygen atoms in total. The van der Waals surface area contributed by atoms with Gasteiger partial charge in [0.15, 0.2) is 0 Å². The Kier molecular flexibility index (Phi) is 4.68. The van der Waals surface area contributed by atoms with Crippen molar-refractivity contribution < 1.29 is 19.6 Å². The number of anilines is 1. The first-order valence-electron chi connectivity index (χ1n) is 6.34. The van der Waals surface area contributed by atoms with Gasteiger partial charge in [0.1, 0.15) is 11.3 Å². The zero-order valence-corrected chi connectivity index (χ0v) is 11.2. The van der Waals surface area contributed by atoms with Crippen LogP contribution in [0, 0.1) is 10.1 Å². The molecule has 0 radical (unpaired) electrons. The number of aliphatic hydroxyl groups excluding tert-OH is 1. The maximum Gasteiger partial charge on any atom is 0.306 e. The van der Waals surface area contributed by atoms with Gasteiger partial charge in [-0.2, -0.15) is 0 Å². The number of nitrogen functional groups attached to an aromatic ring is 1. The van der Waals surface area contributed by atoms with Crippen LogP contribution in [-0.2, 0) is 4.74 Å². The SMILES string of the molecule is NNc1cccc(C(=O)N2CCOC(CO)C2)c1[N+](=O)[O-]. The van der Waals surface area contributed by atoms with Gasteiger partial charge in [-0.3, -0.25) is 20.8 Å². The van der Waals surface area contributed by atoms with E-state index in [2.05, 4.69) is 5.43 Å². The number of nitrogens with one attached hydrogen (secondary N) is 1. The van der Waals surface area contributed by atoms with Crippen LogP contribution in [0.15, 0.2) is 18.2 Å². The molecule has 0 aliphatic carbocycles. The van der Waals surface area contributed by atoms with Gasteiger partial charge < -0.3 is 20.2 Å². The van der Waals surface area contributed by atoms with E-state index in [1.54, 1.807) is 0 Å². The number of hydrogen-bond donors (Lipinski definition) is 3. The van der Waals surface area contributed by atoms with Gasteiger partial charge in [-0.25, -0.2) is 0 Å². The summed E-state index contributed by atoms with van der Waals surface area (Å²) in [5.41, 5.74) is 1.87. The number of aliphatic hydroxyl groups is 1. The van der Waals surface area contributed by atoms with Crippen molar-refractivity contribution in [2.24, 2.45) is 5.84 Å². The summed E-state index contributed by atoms with van der Waals surface area (Å²) in [5.74, 6) is 4.76. The number of hydrazine groups is 1. The summed E-state index contributed by atoms with van der Waals surface area (Å²) in [6.45, 7) is 0.565. The van der Waals surface area contributed by atoms with Crippen LogP contribution in [0.4, 0.5) is 11.4 Å². The number of nitrogens with zero attached hydrogens (tertiary/aromatic N) is 2. The van der Waals surface area contributed by atoms with Crippen LogP contribution in [0.1, 0.15) is 10.4 Å². The molecule has 1 aromatic carbocycles. The van der Waals surface area contributed by atoms with E-state index in [9.17, 15) is 14.9 Å². The monoisotopic (exact) mass is 296 g/mol. The van der Waals surface area contributed by atoms with Crippen molar-refractivity contribution in [2.75, 3.05) is 31.7 Å². The van der Waals surface area contributed by atoms with Gasteiger partial charge in [-0.1, -0.05) is 6.07 Å². The van der Waals surface area contributed by atoms with E-state index >= 15 is 0 Å². The van der Waals surface area contributed by atoms with Gasteiger partial charge in [0.2, 0.25) is 0 Å². The number of nitrogens with two attached hydrogens (primary N) is 1. The standard InChI is InChI=1S/C12H16N4O5/c13-14-10-3-1-2-9(11(10)16(19)20)12(18)15-4-5-21-8(6-15)7-17/h1-3,8,14,17H,4-7,13H2. The summed E-state index contributed by atoms with van der Waals surface area (Å²) in [5, 5.41) is 20.3. The fourth-order valence-electron chi connectivity index (χ4n) is 2.21. The molecule has 4 N–H and O–H groups in total. The van der Waals surface area contributed by atoms with Crippen LogP contribution in [0.2, 0.25) is 0 Å². The first-order chi connectivity index (χ1) is 10.1. The van der Waals surface area contributed by atoms with Crippen LogP contribution in [0.25, 0.3) is 0 Å². The molecular weight excluding hydrogens is 280 g/mol. The zero-order valence-electron chi connectivity index (χ0n) is 11.2. The summed E-state index contributed by atoms with van der Waals surface area (Å²) < 4.78 is 5.26. The van der Waals surface area contributed by atoms with E-state index in [4.69, 9.17) is 15.7 Å². The highest BCUT2D eigenvalue weighted by molar-refractivity contribution is 6.00. The Bertz CT molecular complexity index is 550. The summed E-state index contributed by atoms with van der Waals surface area (Å²) in [6, 6.07) is 4.31. The van der Waals surface area contributed by atoms with Crippen LogP contribution in [0.3, 0.4) is 0 Å². The predicted octanol–water partition coefficient (Wildman–Crippen LogP) is -0.286. The first-order valence-corrected chi connectivity index (χ1v) is 6.34. The second kappa shape index (κ2) is 6.48. The summed E-state index contributed by atoms with van der Waals surface area (Å²) in [4.78, 5) is 24.4. The molecule has 9 heteroatoms. The maximum absolute atomic E-state index is 12.5. The molecule has 1 unspecified atom stereocenters. The smallest absolute Gasteiger partial charge is 0.306 e. The lowest BCUT2D eigenvalue weighted by Crippen LogP contribution is -2.47. The molecule has 1 heterocycles. The first kappa shape index (κ1) is 15.2. The van der Waals surface area contributed by atoms with E-state index in [1.807, 2.05) is 0 Å². The third-order valence-electron chi connectivity index (χ3n) is 3.23. The molecule has 0 spiro atoms. The molecular formula is C12H16N4O5. The van der Waals surface area contributed by atoms with Crippen LogP contribution in [0.5, 0.6) is 0 Å². The quantitative estimate of drug-likeness (QED) is 0.395. The number of morpholine rings is 1. The summed E-state index contributed by atoms with van der Waals surface area (Å²) >= 11 is 0. The molecule has 2 rings (SSSR count). The van der Waals surface area contributed by atoms with E-state index in [-0.39, 0.29) is 36.7 Å². The summed E-state index contributed by atoms with van der Waals surface area (Å²) in [7, 11) is 0. The number of nitro groups is 1. The molecule has 1 aliphatic heterocycles. The number of ether oxygens (including phenoxy) is 1. The number of hydrogen-bond acceptors (Lipinski definition) is 7. The van der Waals surface area contributed by atoms with Gasteiger partial charge in [0.05, 0.1) is 24.2 Å². The minimum atomic E-state index is -0.646. The van der Waals surface area contributed by atoms with Crippen molar-refractivity contribution in [1.29, 1.82) is 0 Å². The highest BCUT2D eigenvalue weighted by Gasteiger charge is 2.30. The van der Waals surface area contributed by atoms with Gasteiger partial charge in [-0.05, 0) is 12.1 Å². The molecule has 0 aromatic heterocycles. The van der Waals surface area contributed by atoms with Crippen molar-refractivity contribution in [3.8, 4) is 0 Å². The van der Waals surface area contributed by atoms with Crippen LogP contribution >= 0.6 is 0 Å². The Morgan fingerprint density at radius 2 is 2.38 bits per heavy atom. The van der Waals surface area contributed by atoms with Crippen molar-refractivity contribution in [3.63, 3.8) is 0 Å². The number of benzene rings is 1. The topological polar surface area (TPSA) is 131 Å². The average molecular weight is 296 g/mol. The highest BCUT2D eigenvalue weighted by atomic mass is 16.6. The minimum absolute atomic E-state index is 0.0472. The average Bonchev–Trinajstić information content (AvgIpc) is 2.53. The number of amides is 1. The zero-order chi connectivity index (χ0) is 15.4. The van der Waals surface area contributed by atoms with Crippen molar-refractivity contribution >= 4 is 17.3 Å². The molecule has 1 aliphatic rings.